The van der Waals surface area contributed by atoms with Crippen molar-refractivity contribution in [3.05, 3.63) is 40.6 Å². The van der Waals surface area contributed by atoms with Crippen LogP contribution in [0.25, 0.3) is 6.08 Å². The van der Waals surface area contributed by atoms with E-state index in [0.717, 1.165) is 12.0 Å². The highest BCUT2D eigenvalue weighted by molar-refractivity contribution is 6.33. The van der Waals surface area contributed by atoms with E-state index in [9.17, 15) is 4.79 Å². The van der Waals surface area contributed by atoms with E-state index in [-0.39, 0.29) is 5.78 Å². The second-order valence-electron chi connectivity index (χ2n) is 4.46. The molecular weight excluding hydrogens is 274 g/mol. The number of nitrogens with two attached hydrogens (primary N) is 2. The summed E-state index contributed by atoms with van der Waals surface area (Å²) >= 11 is 6.19. The summed E-state index contributed by atoms with van der Waals surface area (Å²) in [6.45, 7) is 3.84. The van der Waals surface area contributed by atoms with Crippen molar-refractivity contribution < 1.29 is 4.79 Å². The molecule has 0 saturated carbocycles. The Morgan fingerprint density at radius 3 is 2.75 bits per heavy atom. The largest absolute Gasteiger partial charge is 0.400 e. The lowest BCUT2D eigenvalue weighted by Gasteiger charge is -2.11. The summed E-state index contributed by atoms with van der Waals surface area (Å²) in [4.78, 5) is 10.9. The number of rotatable bonds is 6. The van der Waals surface area contributed by atoms with Crippen LogP contribution in [0.5, 0.6) is 0 Å². The maximum Gasteiger partial charge on any atom is 0.154 e. The molecule has 1 aromatic carbocycles. The number of hydrogen-bond acceptors (Lipinski definition) is 4. The molecule has 0 fully saturated rings. The van der Waals surface area contributed by atoms with E-state index in [1.165, 1.54) is 13.0 Å². The molecule has 0 bridgehead atoms. The molecule has 0 spiro atoms. The Morgan fingerprint density at radius 1 is 1.45 bits per heavy atom. The third-order valence-corrected chi connectivity index (χ3v) is 2.89. The zero-order valence-electron chi connectivity index (χ0n) is 11.7. The van der Waals surface area contributed by atoms with Crippen molar-refractivity contribution >= 4 is 34.8 Å². The monoisotopic (exact) mass is 293 g/mol. The maximum atomic E-state index is 10.9. The van der Waals surface area contributed by atoms with E-state index >= 15 is 0 Å². The van der Waals surface area contributed by atoms with E-state index in [0.29, 0.717) is 28.6 Å². The summed E-state index contributed by atoms with van der Waals surface area (Å²) < 4.78 is 0. The van der Waals surface area contributed by atoms with Crippen LogP contribution in [-0.2, 0) is 4.79 Å². The van der Waals surface area contributed by atoms with E-state index in [1.54, 1.807) is 12.1 Å². The van der Waals surface area contributed by atoms with Gasteiger partial charge in [0.2, 0.25) is 0 Å². The SMILES string of the molecule is CC/C=C/c1cc(Cl)c(NC/C(N)=C/C(C)=O)cc1N. The van der Waals surface area contributed by atoms with Crippen molar-refractivity contribution in [2.45, 2.75) is 20.3 Å². The number of hydrogen-bond donors (Lipinski definition) is 3. The molecule has 0 saturated heterocycles. The molecule has 0 heterocycles. The Balaban J connectivity index is 2.85. The van der Waals surface area contributed by atoms with Crippen LogP contribution >= 0.6 is 11.6 Å². The van der Waals surface area contributed by atoms with Crippen LogP contribution in [0.1, 0.15) is 25.8 Å². The number of nitrogens with one attached hydrogen (secondary N) is 1. The zero-order valence-corrected chi connectivity index (χ0v) is 12.5. The maximum absolute atomic E-state index is 10.9. The van der Waals surface area contributed by atoms with Crippen LogP contribution in [0, 0.1) is 0 Å². The fourth-order valence-corrected chi connectivity index (χ4v) is 1.88. The first-order chi connectivity index (χ1) is 9.43. The molecule has 0 unspecified atom stereocenters. The lowest BCUT2D eigenvalue weighted by molar-refractivity contribution is -0.112. The lowest BCUT2D eigenvalue weighted by atomic mass is 10.1. The first-order valence-electron chi connectivity index (χ1n) is 6.40. The molecule has 1 aromatic rings. The van der Waals surface area contributed by atoms with Gasteiger partial charge in [-0.3, -0.25) is 4.79 Å². The van der Waals surface area contributed by atoms with Crippen molar-refractivity contribution in [1.29, 1.82) is 0 Å². The predicted octanol–water partition coefficient (Wildman–Crippen LogP) is 3.19. The minimum atomic E-state index is -0.0880. The number of ketones is 1. The molecule has 1 rings (SSSR count). The van der Waals surface area contributed by atoms with Crippen LogP contribution in [0.4, 0.5) is 11.4 Å². The third-order valence-electron chi connectivity index (χ3n) is 2.58. The van der Waals surface area contributed by atoms with Gasteiger partial charge in [-0.25, -0.2) is 0 Å². The Hall–Kier alpha value is -1.94. The molecule has 108 valence electrons. The molecule has 0 aliphatic heterocycles. The number of anilines is 2. The molecule has 0 aromatic heterocycles. The number of allylic oxidation sites excluding steroid dienone is 2. The fourth-order valence-electron chi connectivity index (χ4n) is 1.64. The molecule has 0 amide bonds. The number of benzene rings is 1. The Morgan fingerprint density at radius 2 is 2.15 bits per heavy atom. The number of nitrogen functional groups attached to an aromatic ring is 1. The molecule has 0 atom stereocenters. The topological polar surface area (TPSA) is 81.1 Å². The minimum absolute atomic E-state index is 0.0880. The van der Waals surface area contributed by atoms with Crippen molar-refractivity contribution in [3.8, 4) is 0 Å². The van der Waals surface area contributed by atoms with Gasteiger partial charge in [-0.1, -0.05) is 30.7 Å². The van der Waals surface area contributed by atoms with Crippen LogP contribution in [-0.4, -0.2) is 12.3 Å². The summed E-state index contributed by atoms with van der Waals surface area (Å²) in [6, 6.07) is 3.56. The number of carbonyl (C=O) groups is 1. The molecule has 20 heavy (non-hydrogen) atoms. The number of halogens is 1. The van der Waals surface area contributed by atoms with Gasteiger partial charge in [-0.2, -0.15) is 0 Å². The van der Waals surface area contributed by atoms with Gasteiger partial charge in [0.15, 0.2) is 5.78 Å². The zero-order chi connectivity index (χ0) is 15.1. The standard InChI is InChI=1S/C15H20ClN3O/c1-3-4-5-11-7-13(16)15(8-14(11)18)19-9-12(17)6-10(2)20/h4-8,19H,3,9,17-18H2,1-2H3/b5-4+,12-6-. The Bertz CT molecular complexity index is 550. The van der Waals surface area contributed by atoms with Gasteiger partial charge in [-0.05, 0) is 31.0 Å². The highest BCUT2D eigenvalue weighted by Gasteiger charge is 2.05. The second-order valence-corrected chi connectivity index (χ2v) is 4.86. The molecule has 0 aliphatic carbocycles. The van der Waals surface area contributed by atoms with Crippen molar-refractivity contribution in [3.63, 3.8) is 0 Å². The van der Waals surface area contributed by atoms with E-state index in [4.69, 9.17) is 23.1 Å². The van der Waals surface area contributed by atoms with Crippen LogP contribution in [0.2, 0.25) is 5.02 Å². The first-order valence-corrected chi connectivity index (χ1v) is 6.77. The van der Waals surface area contributed by atoms with Gasteiger partial charge in [0.05, 0.1) is 17.3 Å². The van der Waals surface area contributed by atoms with Gasteiger partial charge in [-0.15, -0.1) is 0 Å². The van der Waals surface area contributed by atoms with Gasteiger partial charge in [0.25, 0.3) is 0 Å². The highest BCUT2D eigenvalue weighted by Crippen LogP contribution is 2.28. The summed E-state index contributed by atoms with van der Waals surface area (Å²) in [5.74, 6) is -0.0880. The molecule has 5 heteroatoms. The smallest absolute Gasteiger partial charge is 0.154 e. The summed E-state index contributed by atoms with van der Waals surface area (Å²) in [6.07, 6.45) is 6.27. The first kappa shape index (κ1) is 16.1. The average molecular weight is 294 g/mol. The number of carbonyl (C=O) groups excluding carboxylic acids is 1. The quantitative estimate of drug-likeness (QED) is 0.556. The van der Waals surface area contributed by atoms with E-state index in [1.807, 2.05) is 19.1 Å². The van der Waals surface area contributed by atoms with Crippen LogP contribution in [0.3, 0.4) is 0 Å². The summed E-state index contributed by atoms with van der Waals surface area (Å²) in [5.41, 5.74) is 14.3. The Kier molecular flexibility index (Phi) is 6.12. The molecule has 0 radical (unpaired) electrons. The van der Waals surface area contributed by atoms with Crippen LogP contribution in [0.15, 0.2) is 30.0 Å². The van der Waals surface area contributed by atoms with Crippen LogP contribution < -0.4 is 16.8 Å². The van der Waals surface area contributed by atoms with E-state index in [2.05, 4.69) is 5.32 Å². The Labute approximate surface area is 124 Å². The van der Waals surface area contributed by atoms with E-state index < -0.39 is 0 Å². The van der Waals surface area contributed by atoms with Gasteiger partial charge in [0.1, 0.15) is 0 Å². The van der Waals surface area contributed by atoms with Crippen molar-refractivity contribution in [2.24, 2.45) is 5.73 Å². The second kappa shape index (κ2) is 7.60. The third kappa shape index (κ3) is 4.97. The molecule has 5 N–H and O–H groups in total. The predicted molar refractivity (Wildman–Crippen MR) is 86.6 cm³/mol. The fraction of sp³-hybridized carbons (Fsp3) is 0.267. The minimum Gasteiger partial charge on any atom is -0.400 e. The molecular formula is C15H20ClN3O. The molecule has 4 nitrogen and oxygen atoms in total. The van der Waals surface area contributed by atoms with Gasteiger partial charge < -0.3 is 16.8 Å². The molecule has 0 aliphatic rings. The van der Waals surface area contributed by atoms with Crippen molar-refractivity contribution in [1.82, 2.24) is 0 Å². The summed E-state index contributed by atoms with van der Waals surface area (Å²) in [5, 5.41) is 3.62. The van der Waals surface area contributed by atoms with Gasteiger partial charge >= 0.3 is 0 Å². The highest BCUT2D eigenvalue weighted by atomic mass is 35.5. The average Bonchev–Trinajstić information content (AvgIpc) is 2.36. The lowest BCUT2D eigenvalue weighted by Crippen LogP contribution is -2.13. The van der Waals surface area contributed by atoms with Gasteiger partial charge in [0, 0.05) is 17.5 Å². The summed E-state index contributed by atoms with van der Waals surface area (Å²) in [7, 11) is 0. The normalized spacial score (nSPS) is 11.8. The van der Waals surface area contributed by atoms with Crippen molar-refractivity contribution in [2.75, 3.05) is 17.6 Å².